The summed E-state index contributed by atoms with van der Waals surface area (Å²) in [6.07, 6.45) is 0.505. The second-order valence-electron chi connectivity index (χ2n) is 2.34. The van der Waals surface area contributed by atoms with Crippen LogP contribution in [0.1, 0.15) is 0 Å². The van der Waals surface area contributed by atoms with E-state index in [1.54, 1.807) is 0 Å². The van der Waals surface area contributed by atoms with Gasteiger partial charge in [-0.15, -0.1) is 0 Å². The van der Waals surface area contributed by atoms with E-state index in [2.05, 4.69) is 0 Å². The fourth-order valence-electron chi connectivity index (χ4n) is 0.697. The van der Waals surface area contributed by atoms with Crippen molar-refractivity contribution in [1.82, 2.24) is 4.98 Å². The summed E-state index contributed by atoms with van der Waals surface area (Å²) in [6, 6.07) is 1.31. The topological polar surface area (TPSA) is 67.0 Å². The first kappa shape index (κ1) is 10.8. The van der Waals surface area contributed by atoms with Crippen molar-refractivity contribution in [2.75, 3.05) is 0 Å². The molecule has 0 saturated heterocycles. The molecular formula is C6H4F3NO3S. The number of nitrogens with one attached hydrogen (secondary N) is 1. The van der Waals surface area contributed by atoms with Gasteiger partial charge in [0.05, 0.1) is 4.90 Å². The molecule has 0 aliphatic heterocycles. The second kappa shape index (κ2) is 3.12. The zero-order valence-electron chi connectivity index (χ0n) is 6.50. The first-order valence-corrected chi connectivity index (χ1v) is 4.73. The van der Waals surface area contributed by atoms with Gasteiger partial charge in [0.15, 0.2) is 0 Å². The molecule has 1 aromatic heterocycles. The van der Waals surface area contributed by atoms with Crippen LogP contribution in [-0.4, -0.2) is 18.9 Å². The highest BCUT2D eigenvalue weighted by Crippen LogP contribution is 2.28. The number of hydrogen-bond donors (Lipinski definition) is 1. The molecule has 78 valence electrons. The maximum absolute atomic E-state index is 11.9. The summed E-state index contributed by atoms with van der Waals surface area (Å²) in [4.78, 5) is 11.3. The van der Waals surface area contributed by atoms with E-state index in [1.807, 2.05) is 4.98 Å². The van der Waals surface area contributed by atoms with Gasteiger partial charge in [0.2, 0.25) is 5.56 Å². The van der Waals surface area contributed by atoms with Crippen molar-refractivity contribution >= 4 is 9.84 Å². The van der Waals surface area contributed by atoms with Crippen LogP contribution >= 0.6 is 0 Å². The number of H-pyrrole nitrogens is 1. The predicted molar refractivity (Wildman–Crippen MR) is 40.3 cm³/mol. The average Bonchev–Trinajstić information content (AvgIpc) is 2.03. The summed E-state index contributed by atoms with van der Waals surface area (Å²) < 4.78 is 57.3. The highest BCUT2D eigenvalue weighted by atomic mass is 32.2. The van der Waals surface area contributed by atoms with Gasteiger partial charge in [-0.3, -0.25) is 4.79 Å². The van der Waals surface area contributed by atoms with Crippen molar-refractivity contribution in [2.45, 2.75) is 10.4 Å². The molecule has 0 bridgehead atoms. The molecule has 0 saturated carbocycles. The van der Waals surface area contributed by atoms with Crippen LogP contribution in [0.25, 0.3) is 0 Å². The van der Waals surface area contributed by atoms with E-state index in [0.717, 1.165) is 0 Å². The normalized spacial score (nSPS) is 12.8. The maximum Gasteiger partial charge on any atom is 0.501 e. The number of hydrogen-bond acceptors (Lipinski definition) is 3. The second-order valence-corrected chi connectivity index (χ2v) is 4.28. The first-order valence-electron chi connectivity index (χ1n) is 3.25. The summed E-state index contributed by atoms with van der Waals surface area (Å²) in [5, 5.41) is 0. The molecule has 0 atom stereocenters. The first-order chi connectivity index (χ1) is 6.25. The summed E-state index contributed by atoms with van der Waals surface area (Å²) in [5.41, 5.74) is -6.03. The Kier molecular flexibility index (Phi) is 2.40. The number of aromatic amines is 1. The zero-order valence-corrected chi connectivity index (χ0v) is 7.32. The van der Waals surface area contributed by atoms with E-state index in [-0.39, 0.29) is 0 Å². The van der Waals surface area contributed by atoms with E-state index >= 15 is 0 Å². The van der Waals surface area contributed by atoms with Crippen LogP contribution in [0.2, 0.25) is 0 Å². The number of alkyl halides is 3. The maximum atomic E-state index is 11.9. The molecule has 4 nitrogen and oxygen atoms in total. The molecule has 0 amide bonds. The molecule has 0 spiro atoms. The van der Waals surface area contributed by atoms with Gasteiger partial charge in [0, 0.05) is 12.3 Å². The van der Waals surface area contributed by atoms with E-state index in [4.69, 9.17) is 0 Å². The SMILES string of the molecule is O=c1ccc(S(=O)(=O)C(F)(F)F)c[nH]1. The molecule has 0 fully saturated rings. The molecule has 8 heteroatoms. The summed E-state index contributed by atoms with van der Waals surface area (Å²) >= 11 is 0. The van der Waals surface area contributed by atoms with Gasteiger partial charge < -0.3 is 4.98 Å². The van der Waals surface area contributed by atoms with Crippen LogP contribution in [0.3, 0.4) is 0 Å². The molecule has 0 aliphatic rings. The molecule has 1 rings (SSSR count). The Morgan fingerprint density at radius 3 is 2.14 bits per heavy atom. The lowest BCUT2D eigenvalue weighted by molar-refractivity contribution is -0.0436. The average molecular weight is 227 g/mol. The monoisotopic (exact) mass is 227 g/mol. The molecular weight excluding hydrogens is 223 g/mol. The van der Waals surface area contributed by atoms with Crippen LogP contribution in [0.15, 0.2) is 28.0 Å². The number of halogens is 3. The van der Waals surface area contributed by atoms with Crippen LogP contribution < -0.4 is 5.56 Å². The van der Waals surface area contributed by atoms with Crippen molar-refractivity contribution in [3.8, 4) is 0 Å². The van der Waals surface area contributed by atoms with Gasteiger partial charge in [0.1, 0.15) is 0 Å². The van der Waals surface area contributed by atoms with E-state index in [9.17, 15) is 26.4 Å². The molecule has 0 unspecified atom stereocenters. The number of aromatic nitrogens is 1. The number of pyridine rings is 1. The summed E-state index contributed by atoms with van der Waals surface area (Å²) in [6.45, 7) is 0. The largest absolute Gasteiger partial charge is 0.501 e. The third-order valence-electron chi connectivity index (χ3n) is 1.37. The Morgan fingerprint density at radius 2 is 1.79 bits per heavy atom. The van der Waals surface area contributed by atoms with Gasteiger partial charge in [-0.25, -0.2) is 8.42 Å². The van der Waals surface area contributed by atoms with Gasteiger partial charge >= 0.3 is 5.51 Å². The van der Waals surface area contributed by atoms with Crippen LogP contribution in [0.4, 0.5) is 13.2 Å². The molecule has 14 heavy (non-hydrogen) atoms. The molecule has 1 heterocycles. The van der Waals surface area contributed by atoms with Crippen molar-refractivity contribution in [1.29, 1.82) is 0 Å². The van der Waals surface area contributed by atoms with E-state index in [0.29, 0.717) is 18.3 Å². The third kappa shape index (κ3) is 1.79. The minimum Gasteiger partial charge on any atom is -0.328 e. The lowest BCUT2D eigenvalue weighted by atomic mass is 10.5. The van der Waals surface area contributed by atoms with E-state index < -0.39 is 25.8 Å². The lowest BCUT2D eigenvalue weighted by Crippen LogP contribution is -2.24. The molecule has 1 N–H and O–H groups in total. The standard InChI is InChI=1S/C6H4F3NO3S/c7-6(8,9)14(12,13)4-1-2-5(11)10-3-4/h1-3H,(H,10,11). The summed E-state index contributed by atoms with van der Waals surface area (Å²) in [5.74, 6) is 0. The quantitative estimate of drug-likeness (QED) is 0.766. The third-order valence-corrected chi connectivity index (χ3v) is 2.85. The zero-order chi connectivity index (χ0) is 11.0. The molecule has 0 aliphatic carbocycles. The number of rotatable bonds is 1. The Hall–Kier alpha value is -1.31. The van der Waals surface area contributed by atoms with Crippen LogP contribution in [0, 0.1) is 0 Å². The number of sulfone groups is 1. The fraction of sp³-hybridized carbons (Fsp3) is 0.167. The minimum atomic E-state index is -5.36. The van der Waals surface area contributed by atoms with Gasteiger partial charge in [-0.05, 0) is 6.07 Å². The smallest absolute Gasteiger partial charge is 0.328 e. The Balaban J connectivity index is 3.32. The molecule has 0 aromatic carbocycles. The predicted octanol–water partition coefficient (Wildman–Crippen LogP) is 0.668. The molecule has 0 radical (unpaired) electrons. The van der Waals surface area contributed by atoms with Crippen molar-refractivity contribution in [2.24, 2.45) is 0 Å². The summed E-state index contributed by atoms with van der Waals surface area (Å²) in [7, 11) is -5.36. The lowest BCUT2D eigenvalue weighted by Gasteiger charge is -2.06. The van der Waals surface area contributed by atoms with Crippen molar-refractivity contribution < 1.29 is 21.6 Å². The van der Waals surface area contributed by atoms with Crippen molar-refractivity contribution in [3.05, 3.63) is 28.7 Å². The van der Waals surface area contributed by atoms with Gasteiger partial charge in [0.25, 0.3) is 9.84 Å². The Morgan fingerprint density at radius 1 is 1.21 bits per heavy atom. The van der Waals surface area contributed by atoms with Crippen molar-refractivity contribution in [3.63, 3.8) is 0 Å². The fourth-order valence-corrected chi connectivity index (χ4v) is 1.43. The highest BCUT2D eigenvalue weighted by Gasteiger charge is 2.46. The Labute approximate surface area is 76.3 Å². The van der Waals surface area contributed by atoms with Crippen LogP contribution in [-0.2, 0) is 9.84 Å². The van der Waals surface area contributed by atoms with E-state index in [1.165, 1.54) is 0 Å². The minimum absolute atomic E-state index is 0.505. The van der Waals surface area contributed by atoms with Crippen LogP contribution in [0.5, 0.6) is 0 Å². The molecule has 1 aromatic rings. The highest BCUT2D eigenvalue weighted by molar-refractivity contribution is 7.92. The van der Waals surface area contributed by atoms with Gasteiger partial charge in [-0.2, -0.15) is 13.2 Å². The Bertz CT molecular complexity index is 467. The van der Waals surface area contributed by atoms with Gasteiger partial charge in [-0.1, -0.05) is 0 Å².